The molecular formula is C18H26N4O. The second-order valence-electron chi connectivity index (χ2n) is 7.74. The van der Waals surface area contributed by atoms with E-state index < -0.39 is 0 Å². The van der Waals surface area contributed by atoms with Crippen molar-refractivity contribution in [2.45, 2.75) is 57.4 Å². The van der Waals surface area contributed by atoms with Gasteiger partial charge in [-0.15, -0.1) is 0 Å². The van der Waals surface area contributed by atoms with Crippen LogP contribution in [0.2, 0.25) is 0 Å². The number of rotatable bonds is 4. The third kappa shape index (κ3) is 3.19. The minimum Gasteiger partial charge on any atom is -0.351 e. The summed E-state index contributed by atoms with van der Waals surface area (Å²) in [6, 6.07) is 2.29. The van der Waals surface area contributed by atoms with Crippen LogP contribution in [0.3, 0.4) is 0 Å². The normalized spacial score (nSPS) is 30.6. The lowest BCUT2D eigenvalue weighted by Gasteiger charge is -2.45. The topological polar surface area (TPSA) is 58.1 Å². The number of aromatic nitrogens is 2. The van der Waals surface area contributed by atoms with Gasteiger partial charge >= 0.3 is 0 Å². The third-order valence-corrected chi connectivity index (χ3v) is 5.99. The van der Waals surface area contributed by atoms with Crippen LogP contribution in [-0.4, -0.2) is 39.9 Å². The van der Waals surface area contributed by atoms with Crippen molar-refractivity contribution in [1.29, 1.82) is 0 Å². The van der Waals surface area contributed by atoms with Gasteiger partial charge < -0.3 is 10.2 Å². The summed E-state index contributed by atoms with van der Waals surface area (Å²) in [5.41, 5.74) is 0.359. The molecule has 1 aromatic heterocycles. The molecule has 5 heteroatoms. The van der Waals surface area contributed by atoms with Gasteiger partial charge in [0.2, 0.25) is 11.9 Å². The molecule has 4 rings (SSSR count). The molecular weight excluding hydrogens is 288 g/mol. The molecule has 2 aliphatic carbocycles. The second-order valence-corrected chi connectivity index (χ2v) is 7.74. The largest absolute Gasteiger partial charge is 0.351 e. The number of anilines is 1. The standard InChI is InChI=1S/C18H26N4O/c23-16(10-14-4-1-2-5-14)22-9-6-18(13-22)11-15(12-18)21-17-19-7-3-8-20-17/h3,7-8,14-15H,1-2,4-6,9-13H2,(H,19,20,21). The lowest BCUT2D eigenvalue weighted by atomic mass is 9.65. The zero-order chi connectivity index (χ0) is 15.7. The van der Waals surface area contributed by atoms with E-state index in [-0.39, 0.29) is 0 Å². The Morgan fingerprint density at radius 2 is 2.00 bits per heavy atom. The highest BCUT2D eigenvalue weighted by Gasteiger charge is 2.49. The Hall–Kier alpha value is -1.65. The number of carbonyl (C=O) groups is 1. The van der Waals surface area contributed by atoms with E-state index in [9.17, 15) is 4.79 Å². The first-order valence-electron chi connectivity index (χ1n) is 9.04. The minimum atomic E-state index is 0.359. The van der Waals surface area contributed by atoms with Crippen molar-refractivity contribution >= 4 is 11.9 Å². The molecule has 3 aliphatic rings. The maximum Gasteiger partial charge on any atom is 0.222 e. The molecule has 1 N–H and O–H groups in total. The van der Waals surface area contributed by atoms with Crippen LogP contribution in [0.1, 0.15) is 51.4 Å². The summed E-state index contributed by atoms with van der Waals surface area (Å²) in [7, 11) is 0. The van der Waals surface area contributed by atoms with E-state index in [1.54, 1.807) is 12.4 Å². The number of likely N-dealkylation sites (tertiary alicyclic amines) is 1. The first-order valence-corrected chi connectivity index (χ1v) is 9.04. The fraction of sp³-hybridized carbons (Fsp3) is 0.722. The van der Waals surface area contributed by atoms with Crippen LogP contribution in [0.4, 0.5) is 5.95 Å². The van der Waals surface area contributed by atoms with Gasteiger partial charge in [-0.25, -0.2) is 9.97 Å². The number of hydrogen-bond donors (Lipinski definition) is 1. The minimum absolute atomic E-state index is 0.359. The van der Waals surface area contributed by atoms with Crippen LogP contribution in [0.25, 0.3) is 0 Å². The van der Waals surface area contributed by atoms with Gasteiger partial charge in [0.25, 0.3) is 0 Å². The molecule has 1 aromatic rings. The molecule has 1 aliphatic heterocycles. The fourth-order valence-electron chi connectivity index (χ4n) is 4.72. The predicted molar refractivity (Wildman–Crippen MR) is 88.9 cm³/mol. The van der Waals surface area contributed by atoms with E-state index in [0.717, 1.165) is 44.7 Å². The smallest absolute Gasteiger partial charge is 0.222 e. The maximum absolute atomic E-state index is 12.5. The van der Waals surface area contributed by atoms with Crippen molar-refractivity contribution in [3.63, 3.8) is 0 Å². The van der Waals surface area contributed by atoms with Crippen LogP contribution in [0.5, 0.6) is 0 Å². The van der Waals surface area contributed by atoms with Gasteiger partial charge in [0.1, 0.15) is 0 Å². The second kappa shape index (κ2) is 6.10. The van der Waals surface area contributed by atoms with Crippen LogP contribution >= 0.6 is 0 Å². The number of carbonyl (C=O) groups excluding carboxylic acids is 1. The first kappa shape index (κ1) is 14.9. The van der Waals surface area contributed by atoms with Crippen molar-refractivity contribution in [3.05, 3.63) is 18.5 Å². The summed E-state index contributed by atoms with van der Waals surface area (Å²) < 4.78 is 0. The van der Waals surface area contributed by atoms with Crippen LogP contribution < -0.4 is 5.32 Å². The highest BCUT2D eigenvalue weighted by molar-refractivity contribution is 5.77. The average molecular weight is 314 g/mol. The number of amides is 1. The molecule has 0 bridgehead atoms. The van der Waals surface area contributed by atoms with E-state index >= 15 is 0 Å². The Balaban J connectivity index is 1.25. The molecule has 0 aromatic carbocycles. The molecule has 1 spiro atoms. The molecule has 0 radical (unpaired) electrons. The van der Waals surface area contributed by atoms with E-state index in [1.165, 1.54) is 25.7 Å². The van der Waals surface area contributed by atoms with E-state index in [1.807, 2.05) is 6.07 Å². The zero-order valence-electron chi connectivity index (χ0n) is 13.7. The lowest BCUT2D eigenvalue weighted by Crippen LogP contribution is -2.47. The van der Waals surface area contributed by atoms with Gasteiger partial charge in [-0.05, 0) is 49.5 Å². The molecule has 0 atom stereocenters. The van der Waals surface area contributed by atoms with Crippen molar-refractivity contribution in [3.8, 4) is 0 Å². The number of nitrogens with one attached hydrogen (secondary N) is 1. The summed E-state index contributed by atoms with van der Waals surface area (Å²) in [6.07, 6.45) is 12.9. The monoisotopic (exact) mass is 314 g/mol. The van der Waals surface area contributed by atoms with Crippen LogP contribution in [0.15, 0.2) is 18.5 Å². The van der Waals surface area contributed by atoms with E-state index in [0.29, 0.717) is 23.3 Å². The quantitative estimate of drug-likeness (QED) is 0.928. The fourth-order valence-corrected chi connectivity index (χ4v) is 4.72. The van der Waals surface area contributed by atoms with Crippen LogP contribution in [0, 0.1) is 11.3 Å². The lowest BCUT2D eigenvalue weighted by molar-refractivity contribution is -0.131. The summed E-state index contributed by atoms with van der Waals surface area (Å²) in [5, 5.41) is 3.41. The Labute approximate surface area is 137 Å². The Morgan fingerprint density at radius 1 is 1.26 bits per heavy atom. The van der Waals surface area contributed by atoms with Crippen molar-refractivity contribution in [1.82, 2.24) is 14.9 Å². The Bertz CT molecular complexity index is 549. The average Bonchev–Trinajstić information content (AvgIpc) is 3.17. The van der Waals surface area contributed by atoms with Gasteiger partial charge in [-0.1, -0.05) is 12.8 Å². The molecule has 23 heavy (non-hydrogen) atoms. The molecule has 2 heterocycles. The third-order valence-electron chi connectivity index (χ3n) is 5.99. The van der Waals surface area contributed by atoms with E-state index in [2.05, 4.69) is 20.2 Å². The number of hydrogen-bond acceptors (Lipinski definition) is 4. The first-order chi connectivity index (χ1) is 11.2. The van der Waals surface area contributed by atoms with Crippen molar-refractivity contribution in [2.24, 2.45) is 11.3 Å². The van der Waals surface area contributed by atoms with Crippen molar-refractivity contribution < 1.29 is 4.79 Å². The Morgan fingerprint density at radius 3 is 2.74 bits per heavy atom. The van der Waals surface area contributed by atoms with E-state index in [4.69, 9.17) is 0 Å². The SMILES string of the molecule is O=C(CC1CCCC1)N1CCC2(CC(Nc3ncccn3)C2)C1. The van der Waals surface area contributed by atoms with Gasteiger partial charge in [0.05, 0.1) is 0 Å². The highest BCUT2D eigenvalue weighted by Crippen LogP contribution is 2.49. The van der Waals surface area contributed by atoms with Gasteiger partial charge in [0.15, 0.2) is 0 Å². The highest BCUT2D eigenvalue weighted by atomic mass is 16.2. The molecule has 0 unspecified atom stereocenters. The predicted octanol–water partition coefficient (Wildman–Crippen LogP) is 2.85. The maximum atomic E-state index is 12.5. The summed E-state index contributed by atoms with van der Waals surface area (Å²) in [5.74, 6) is 1.78. The molecule has 3 fully saturated rings. The number of nitrogens with zero attached hydrogens (tertiary/aromatic N) is 3. The molecule has 1 saturated heterocycles. The summed E-state index contributed by atoms with van der Waals surface area (Å²) in [4.78, 5) is 23.1. The molecule has 5 nitrogen and oxygen atoms in total. The van der Waals surface area contributed by atoms with Gasteiger partial charge in [-0.3, -0.25) is 4.79 Å². The summed E-state index contributed by atoms with van der Waals surface area (Å²) >= 11 is 0. The van der Waals surface area contributed by atoms with Gasteiger partial charge in [0, 0.05) is 37.9 Å². The Kier molecular flexibility index (Phi) is 3.95. The molecule has 2 saturated carbocycles. The van der Waals surface area contributed by atoms with Crippen molar-refractivity contribution in [2.75, 3.05) is 18.4 Å². The summed E-state index contributed by atoms with van der Waals surface area (Å²) in [6.45, 7) is 1.92. The van der Waals surface area contributed by atoms with Gasteiger partial charge in [-0.2, -0.15) is 0 Å². The molecule has 1 amide bonds. The zero-order valence-corrected chi connectivity index (χ0v) is 13.7. The van der Waals surface area contributed by atoms with Crippen LogP contribution in [-0.2, 0) is 4.79 Å². The molecule has 124 valence electrons.